The van der Waals surface area contributed by atoms with Crippen LogP contribution in [0.25, 0.3) is 0 Å². The van der Waals surface area contributed by atoms with Gasteiger partial charge in [-0.25, -0.2) is 4.79 Å². The third-order valence-corrected chi connectivity index (χ3v) is 5.66. The van der Waals surface area contributed by atoms with Crippen LogP contribution in [0.15, 0.2) is 48.5 Å². The molecule has 3 rings (SSSR count). The Morgan fingerprint density at radius 2 is 1.44 bits per heavy atom. The number of halogens is 9. The number of amides is 1. The molecule has 1 aliphatic rings. The molecule has 2 aromatic carbocycles. The number of hydrogen-bond donors (Lipinski definition) is 2. The van der Waals surface area contributed by atoms with Crippen LogP contribution < -0.4 is 5.73 Å². The van der Waals surface area contributed by atoms with Crippen LogP contribution in [0.5, 0.6) is 0 Å². The van der Waals surface area contributed by atoms with Crippen molar-refractivity contribution < 1.29 is 58.9 Å². The maximum Gasteiger partial charge on any atom is 0.490 e. The van der Waals surface area contributed by atoms with Gasteiger partial charge in [0.05, 0.1) is 30.4 Å². The van der Waals surface area contributed by atoms with E-state index in [9.17, 15) is 44.3 Å². The van der Waals surface area contributed by atoms with E-state index in [4.69, 9.17) is 20.4 Å². The molecule has 1 amide bonds. The van der Waals surface area contributed by atoms with E-state index < -0.39 is 48.3 Å². The molecule has 0 saturated carbocycles. The van der Waals surface area contributed by atoms with Gasteiger partial charge in [0.25, 0.3) is 0 Å². The number of benzene rings is 2. The van der Waals surface area contributed by atoms with Gasteiger partial charge in [-0.2, -0.15) is 39.5 Å². The number of alkyl halides is 9. The highest BCUT2D eigenvalue weighted by molar-refractivity contribution is 5.78. The van der Waals surface area contributed by atoms with Crippen molar-refractivity contribution in [2.24, 2.45) is 5.73 Å². The first-order valence-electron chi connectivity index (χ1n) is 11.2. The van der Waals surface area contributed by atoms with Crippen molar-refractivity contribution >= 4 is 11.9 Å². The molecule has 6 nitrogen and oxygen atoms in total. The van der Waals surface area contributed by atoms with E-state index in [1.165, 1.54) is 0 Å². The van der Waals surface area contributed by atoms with E-state index in [0.717, 1.165) is 5.56 Å². The summed E-state index contributed by atoms with van der Waals surface area (Å²) >= 11 is 0. The first kappa shape index (κ1) is 31.9. The summed E-state index contributed by atoms with van der Waals surface area (Å²) in [5.74, 6) is -3.29. The number of nitrogens with zero attached hydrogens (tertiary/aromatic N) is 1. The Bertz CT molecular complexity index is 1090. The molecule has 0 aliphatic carbocycles. The summed E-state index contributed by atoms with van der Waals surface area (Å²) < 4.78 is 116. The lowest BCUT2D eigenvalue weighted by molar-refractivity contribution is -0.192. The van der Waals surface area contributed by atoms with Gasteiger partial charge < -0.3 is 20.5 Å². The van der Waals surface area contributed by atoms with Gasteiger partial charge in [-0.1, -0.05) is 30.3 Å². The van der Waals surface area contributed by atoms with E-state index in [2.05, 4.69) is 0 Å². The second kappa shape index (κ2) is 12.7. The molecule has 1 aliphatic heterocycles. The van der Waals surface area contributed by atoms with Gasteiger partial charge in [-0.15, -0.1) is 0 Å². The average molecular weight is 574 g/mol. The molecule has 1 saturated heterocycles. The molecule has 0 bridgehead atoms. The minimum absolute atomic E-state index is 0.0905. The van der Waals surface area contributed by atoms with Crippen molar-refractivity contribution in [2.45, 2.75) is 43.6 Å². The smallest absolute Gasteiger partial charge is 0.475 e. The van der Waals surface area contributed by atoms with Gasteiger partial charge in [0.2, 0.25) is 5.91 Å². The van der Waals surface area contributed by atoms with Crippen molar-refractivity contribution in [3.63, 3.8) is 0 Å². The van der Waals surface area contributed by atoms with E-state index >= 15 is 0 Å². The summed E-state index contributed by atoms with van der Waals surface area (Å²) in [7, 11) is 0. The van der Waals surface area contributed by atoms with E-state index in [1.807, 2.05) is 18.2 Å². The molecular weight excluding hydrogens is 551 g/mol. The molecule has 216 valence electrons. The highest BCUT2D eigenvalue weighted by atomic mass is 19.4. The number of carboxylic acids is 1. The number of carboxylic acid groups (broad SMARTS) is 1. The van der Waals surface area contributed by atoms with Crippen LogP contribution in [0.4, 0.5) is 39.5 Å². The fraction of sp³-hybridized carbons (Fsp3) is 0.417. The number of ether oxygens (including phenoxy) is 1. The van der Waals surface area contributed by atoms with Crippen LogP contribution >= 0.6 is 0 Å². The van der Waals surface area contributed by atoms with E-state index in [0.29, 0.717) is 31.6 Å². The summed E-state index contributed by atoms with van der Waals surface area (Å²) in [6.45, 7) is 0.0465. The number of aliphatic carboxylic acids is 1. The number of nitrogens with two attached hydrogens (primary N) is 1. The lowest BCUT2D eigenvalue weighted by Crippen LogP contribution is -2.47. The highest BCUT2D eigenvalue weighted by Crippen LogP contribution is 2.37. The average Bonchev–Trinajstić information content (AvgIpc) is 2.86. The molecule has 15 heteroatoms. The van der Waals surface area contributed by atoms with Crippen molar-refractivity contribution in [1.29, 1.82) is 0 Å². The topological polar surface area (TPSA) is 92.9 Å². The second-order valence-corrected chi connectivity index (χ2v) is 8.42. The molecule has 39 heavy (non-hydrogen) atoms. The number of piperidine rings is 1. The van der Waals surface area contributed by atoms with Gasteiger partial charge >= 0.3 is 24.5 Å². The Morgan fingerprint density at radius 1 is 0.923 bits per heavy atom. The zero-order valence-electron chi connectivity index (χ0n) is 19.9. The van der Waals surface area contributed by atoms with Crippen LogP contribution in [-0.4, -0.2) is 53.8 Å². The Hall–Kier alpha value is -3.33. The molecule has 0 unspecified atom stereocenters. The number of carbonyl (C=O) groups is 2. The number of carbonyl (C=O) groups excluding carboxylic acids is 1. The Morgan fingerprint density at radius 3 is 1.87 bits per heavy atom. The van der Waals surface area contributed by atoms with Gasteiger partial charge in [0.15, 0.2) is 0 Å². The molecule has 0 radical (unpaired) electrons. The number of likely N-dealkylation sites (tertiary alicyclic amines) is 1. The van der Waals surface area contributed by atoms with Crippen molar-refractivity contribution in [3.8, 4) is 0 Å². The maximum absolute atomic E-state index is 13.1. The lowest BCUT2D eigenvalue weighted by Gasteiger charge is -2.38. The predicted octanol–water partition coefficient (Wildman–Crippen LogP) is 5.22. The third kappa shape index (κ3) is 9.42. The summed E-state index contributed by atoms with van der Waals surface area (Å²) in [6, 6.07) is 10.5. The van der Waals surface area contributed by atoms with Crippen LogP contribution in [0, 0.1) is 0 Å². The van der Waals surface area contributed by atoms with Crippen molar-refractivity contribution in [3.05, 3.63) is 70.8 Å². The first-order valence-corrected chi connectivity index (χ1v) is 11.2. The number of rotatable bonds is 5. The monoisotopic (exact) mass is 574 g/mol. The van der Waals surface area contributed by atoms with Crippen LogP contribution in [0.3, 0.4) is 0 Å². The van der Waals surface area contributed by atoms with Crippen LogP contribution in [0.2, 0.25) is 0 Å². The van der Waals surface area contributed by atoms with E-state index in [1.54, 1.807) is 17.0 Å². The maximum atomic E-state index is 13.1. The predicted molar refractivity (Wildman–Crippen MR) is 118 cm³/mol. The molecule has 3 N–H and O–H groups in total. The summed E-state index contributed by atoms with van der Waals surface area (Å²) in [4.78, 5) is 22.5. The first-order chi connectivity index (χ1) is 17.9. The minimum Gasteiger partial charge on any atom is -0.475 e. The molecule has 0 aromatic heterocycles. The quantitative estimate of drug-likeness (QED) is 0.478. The largest absolute Gasteiger partial charge is 0.490 e. The molecule has 1 fully saturated rings. The molecule has 2 atom stereocenters. The zero-order valence-corrected chi connectivity index (χ0v) is 19.9. The van der Waals surface area contributed by atoms with Crippen molar-refractivity contribution in [2.75, 3.05) is 19.6 Å². The van der Waals surface area contributed by atoms with Gasteiger partial charge in [-0.05, 0) is 35.7 Å². The van der Waals surface area contributed by atoms with Crippen LogP contribution in [-0.2, 0) is 33.3 Å². The Balaban J connectivity index is 0.000000673. The Kier molecular flexibility index (Phi) is 10.4. The molecular formula is C24H23F9N2O4. The molecule has 1 heterocycles. The van der Waals surface area contributed by atoms with Crippen molar-refractivity contribution in [1.82, 2.24) is 4.90 Å². The van der Waals surface area contributed by atoms with Gasteiger partial charge in [0, 0.05) is 19.0 Å². The second-order valence-electron chi connectivity index (χ2n) is 8.42. The summed E-state index contributed by atoms with van der Waals surface area (Å²) in [5, 5.41) is 7.12. The number of hydrogen-bond acceptors (Lipinski definition) is 4. The Labute approximate surface area is 216 Å². The summed E-state index contributed by atoms with van der Waals surface area (Å²) in [6.07, 6.45) is -15.0. The third-order valence-electron chi connectivity index (χ3n) is 5.66. The standard InChI is InChI=1S/C22H22F6N2O2.C2HF3O2/c23-21(24,25)16-8-14(9-17(10-16)22(26,27)28)13-32-19-6-7-30(20(31)11-29)12-18(19)15-4-2-1-3-5-15;3-2(4,5)1(6)7/h1-5,8-10,18-19H,6-7,11-13,29H2;(H,6,7)/t18-,19-;/m1./s1. The zero-order chi connectivity index (χ0) is 29.6. The highest BCUT2D eigenvalue weighted by Gasteiger charge is 2.39. The van der Waals surface area contributed by atoms with Crippen LogP contribution in [0.1, 0.15) is 34.6 Å². The lowest BCUT2D eigenvalue weighted by atomic mass is 9.87. The van der Waals surface area contributed by atoms with Gasteiger partial charge in [-0.3, -0.25) is 4.79 Å². The summed E-state index contributed by atoms with van der Waals surface area (Å²) in [5.41, 5.74) is 3.32. The SMILES string of the molecule is NCC(=O)N1CC[C@@H](OCc2cc(C(F)(F)F)cc(C(F)(F)F)c2)[C@@H](c2ccccc2)C1.O=C(O)C(F)(F)F. The van der Waals surface area contributed by atoms with Gasteiger partial charge in [0.1, 0.15) is 0 Å². The molecule has 2 aromatic rings. The minimum atomic E-state index is -5.08. The fourth-order valence-electron chi connectivity index (χ4n) is 3.81. The fourth-order valence-corrected chi connectivity index (χ4v) is 3.81. The normalized spacial score (nSPS) is 18.3. The molecule has 0 spiro atoms. The van der Waals surface area contributed by atoms with E-state index in [-0.39, 0.29) is 30.0 Å².